The number of carbonyl (C=O) groups is 2. The number of amides is 2. The molecule has 0 aromatic carbocycles. The Balaban J connectivity index is 2.62. The lowest BCUT2D eigenvalue weighted by Gasteiger charge is -2.22. The van der Waals surface area contributed by atoms with E-state index in [-0.39, 0.29) is 18.1 Å². The van der Waals surface area contributed by atoms with Crippen molar-refractivity contribution in [3.8, 4) is 0 Å². The number of anilines is 1. The zero-order chi connectivity index (χ0) is 14.5. The smallest absolute Gasteiger partial charge is 0.271 e. The van der Waals surface area contributed by atoms with E-state index < -0.39 is 11.3 Å². The van der Waals surface area contributed by atoms with E-state index in [0.29, 0.717) is 5.82 Å². The van der Waals surface area contributed by atoms with Gasteiger partial charge in [0.05, 0.1) is 17.8 Å². The van der Waals surface area contributed by atoms with Gasteiger partial charge in [-0.05, 0) is 13.8 Å². The minimum Gasteiger partial charge on any atom is -0.359 e. The van der Waals surface area contributed by atoms with Crippen molar-refractivity contribution >= 4 is 17.6 Å². The van der Waals surface area contributed by atoms with Gasteiger partial charge in [0.1, 0.15) is 5.69 Å². The number of nitrogens with one attached hydrogen (secondary N) is 3. The molecule has 0 aliphatic carbocycles. The third-order valence-electron chi connectivity index (χ3n) is 2.56. The molecule has 0 unspecified atom stereocenters. The van der Waals surface area contributed by atoms with E-state index >= 15 is 0 Å². The second kappa shape index (κ2) is 6.10. The number of nitrogens with two attached hydrogens (primary N) is 1. The molecular formula is C11H18N6O2. The van der Waals surface area contributed by atoms with Gasteiger partial charge in [0.15, 0.2) is 5.82 Å². The number of nitrogens with zero attached hydrogens (tertiary/aromatic N) is 2. The summed E-state index contributed by atoms with van der Waals surface area (Å²) in [4.78, 5) is 31.1. The van der Waals surface area contributed by atoms with Gasteiger partial charge in [0.25, 0.3) is 5.91 Å². The second-order valence-corrected chi connectivity index (χ2v) is 4.58. The fourth-order valence-corrected chi connectivity index (χ4v) is 1.33. The summed E-state index contributed by atoms with van der Waals surface area (Å²) in [6.07, 6.45) is 2.65. The summed E-state index contributed by atoms with van der Waals surface area (Å²) >= 11 is 0. The number of nitrogen functional groups attached to an aromatic ring is 1. The Morgan fingerprint density at radius 3 is 2.47 bits per heavy atom. The van der Waals surface area contributed by atoms with Crippen LogP contribution in [0.1, 0.15) is 24.3 Å². The second-order valence-electron chi connectivity index (χ2n) is 4.58. The van der Waals surface area contributed by atoms with Crippen LogP contribution in [-0.4, -0.2) is 35.4 Å². The Bertz CT molecular complexity index is 457. The van der Waals surface area contributed by atoms with Crippen LogP contribution >= 0.6 is 0 Å². The van der Waals surface area contributed by atoms with Crippen molar-refractivity contribution in [2.45, 2.75) is 13.8 Å². The van der Waals surface area contributed by atoms with Crippen LogP contribution < -0.4 is 21.9 Å². The predicted molar refractivity (Wildman–Crippen MR) is 70.0 cm³/mol. The van der Waals surface area contributed by atoms with Gasteiger partial charge in [-0.25, -0.2) is 15.8 Å². The Hall–Kier alpha value is -2.22. The Morgan fingerprint density at radius 2 is 2.00 bits per heavy atom. The molecule has 1 rings (SSSR count). The number of hydrogen-bond donors (Lipinski definition) is 4. The van der Waals surface area contributed by atoms with Crippen LogP contribution in [0.4, 0.5) is 5.82 Å². The lowest BCUT2D eigenvalue weighted by molar-refractivity contribution is -0.128. The summed E-state index contributed by atoms with van der Waals surface area (Å²) in [6, 6.07) is 0. The Morgan fingerprint density at radius 1 is 1.32 bits per heavy atom. The summed E-state index contributed by atoms with van der Waals surface area (Å²) in [5.41, 5.74) is 1.77. The largest absolute Gasteiger partial charge is 0.359 e. The molecule has 0 spiro atoms. The van der Waals surface area contributed by atoms with E-state index in [1.54, 1.807) is 20.9 Å². The van der Waals surface area contributed by atoms with Crippen LogP contribution in [0, 0.1) is 5.41 Å². The van der Waals surface area contributed by atoms with Gasteiger partial charge >= 0.3 is 0 Å². The summed E-state index contributed by atoms with van der Waals surface area (Å²) in [5, 5.41) is 5.18. The average molecular weight is 266 g/mol. The normalized spacial score (nSPS) is 10.7. The highest BCUT2D eigenvalue weighted by Gasteiger charge is 2.27. The first kappa shape index (κ1) is 14.8. The maximum atomic E-state index is 11.8. The molecule has 8 nitrogen and oxygen atoms in total. The topological polar surface area (TPSA) is 122 Å². The zero-order valence-electron chi connectivity index (χ0n) is 11.2. The minimum absolute atomic E-state index is 0.151. The van der Waals surface area contributed by atoms with E-state index in [0.717, 1.165) is 0 Å². The number of carbonyl (C=O) groups excluding carboxylic acids is 2. The summed E-state index contributed by atoms with van der Waals surface area (Å²) in [7, 11) is 1.55. The van der Waals surface area contributed by atoms with Gasteiger partial charge in [0.2, 0.25) is 5.91 Å². The first-order chi connectivity index (χ1) is 8.90. The van der Waals surface area contributed by atoms with E-state index in [1.165, 1.54) is 12.4 Å². The van der Waals surface area contributed by atoms with Crippen LogP contribution in [-0.2, 0) is 4.79 Å². The molecule has 0 atom stereocenters. The van der Waals surface area contributed by atoms with Crippen molar-refractivity contribution in [2.75, 3.05) is 19.0 Å². The molecule has 0 aliphatic rings. The lowest BCUT2D eigenvalue weighted by Crippen LogP contribution is -2.43. The molecule has 1 aromatic heterocycles. The molecule has 1 aromatic rings. The van der Waals surface area contributed by atoms with Gasteiger partial charge < -0.3 is 16.1 Å². The number of rotatable bonds is 5. The van der Waals surface area contributed by atoms with E-state index in [9.17, 15) is 9.59 Å². The Kier molecular flexibility index (Phi) is 4.76. The van der Waals surface area contributed by atoms with Gasteiger partial charge in [-0.3, -0.25) is 9.59 Å². The number of aromatic nitrogens is 2. The van der Waals surface area contributed by atoms with Crippen molar-refractivity contribution in [3.05, 3.63) is 18.1 Å². The maximum Gasteiger partial charge on any atom is 0.271 e. The fourth-order valence-electron chi connectivity index (χ4n) is 1.33. The zero-order valence-corrected chi connectivity index (χ0v) is 11.2. The number of hydrazine groups is 1. The molecule has 19 heavy (non-hydrogen) atoms. The summed E-state index contributed by atoms with van der Waals surface area (Å²) in [5.74, 6) is 4.96. The van der Waals surface area contributed by atoms with Gasteiger partial charge in [-0.1, -0.05) is 0 Å². The van der Waals surface area contributed by atoms with Gasteiger partial charge in [0, 0.05) is 13.6 Å². The highest BCUT2D eigenvalue weighted by molar-refractivity contribution is 5.92. The van der Waals surface area contributed by atoms with Crippen LogP contribution in [0.3, 0.4) is 0 Å². The molecule has 0 saturated heterocycles. The molecule has 8 heteroatoms. The predicted octanol–water partition coefficient (Wildman–Crippen LogP) is -0.736. The van der Waals surface area contributed by atoms with Crippen molar-refractivity contribution in [2.24, 2.45) is 11.3 Å². The van der Waals surface area contributed by atoms with Crippen LogP contribution in [0.15, 0.2) is 12.4 Å². The molecule has 2 amide bonds. The van der Waals surface area contributed by atoms with E-state index in [4.69, 9.17) is 5.84 Å². The molecule has 0 aliphatic heterocycles. The maximum absolute atomic E-state index is 11.8. The fraction of sp³-hybridized carbons (Fsp3) is 0.455. The van der Waals surface area contributed by atoms with Gasteiger partial charge in [-0.15, -0.1) is 0 Å². The third-order valence-corrected chi connectivity index (χ3v) is 2.56. The third kappa shape index (κ3) is 3.88. The van der Waals surface area contributed by atoms with Crippen molar-refractivity contribution < 1.29 is 9.59 Å². The SMILES string of the molecule is CNC(=O)C(C)(C)CNC(=O)c1cnc(NN)cn1. The lowest BCUT2D eigenvalue weighted by atomic mass is 9.92. The molecule has 5 N–H and O–H groups in total. The van der Waals surface area contributed by atoms with Crippen molar-refractivity contribution in [1.82, 2.24) is 20.6 Å². The highest BCUT2D eigenvalue weighted by Crippen LogP contribution is 2.13. The first-order valence-corrected chi connectivity index (χ1v) is 5.69. The minimum atomic E-state index is -0.698. The summed E-state index contributed by atoms with van der Waals surface area (Å²) < 4.78 is 0. The quantitative estimate of drug-likeness (QED) is 0.411. The Labute approximate surface area is 111 Å². The molecule has 0 radical (unpaired) electrons. The van der Waals surface area contributed by atoms with Crippen LogP contribution in [0.5, 0.6) is 0 Å². The monoisotopic (exact) mass is 266 g/mol. The van der Waals surface area contributed by atoms with E-state index in [1.807, 2.05) is 0 Å². The number of hydrogen-bond acceptors (Lipinski definition) is 6. The molecular weight excluding hydrogens is 248 g/mol. The van der Waals surface area contributed by atoms with E-state index in [2.05, 4.69) is 26.0 Å². The highest BCUT2D eigenvalue weighted by atomic mass is 16.2. The first-order valence-electron chi connectivity index (χ1n) is 5.69. The van der Waals surface area contributed by atoms with Crippen molar-refractivity contribution in [3.63, 3.8) is 0 Å². The molecule has 0 saturated carbocycles. The van der Waals surface area contributed by atoms with Crippen LogP contribution in [0.25, 0.3) is 0 Å². The van der Waals surface area contributed by atoms with Crippen molar-refractivity contribution in [1.29, 1.82) is 0 Å². The van der Waals surface area contributed by atoms with Crippen LogP contribution in [0.2, 0.25) is 0 Å². The standard InChI is InChI=1S/C11H18N6O2/c1-11(2,10(19)13-3)6-16-9(18)7-4-15-8(17-12)5-14-7/h4-5H,6,12H2,1-3H3,(H,13,19)(H,15,17)(H,16,18). The molecule has 0 bridgehead atoms. The van der Waals surface area contributed by atoms with Gasteiger partial charge in [-0.2, -0.15) is 0 Å². The summed E-state index contributed by atoms with van der Waals surface area (Å²) in [6.45, 7) is 3.67. The molecule has 0 fully saturated rings. The molecule has 1 heterocycles. The molecule has 104 valence electrons. The average Bonchev–Trinajstić information content (AvgIpc) is 2.43.